The molecule has 0 fully saturated rings. The smallest absolute Gasteiger partial charge is 0.343 e. The molecule has 10 nitrogen and oxygen atoms in total. The first kappa shape index (κ1) is 24.9. The maximum Gasteiger partial charge on any atom is 0.343 e. The number of ether oxygens (including phenoxy) is 3. The molecule has 0 saturated heterocycles. The predicted octanol–water partition coefficient (Wildman–Crippen LogP) is 3.16. The predicted molar refractivity (Wildman–Crippen MR) is 133 cm³/mol. The SMILES string of the molecule is COc1cccc(CNC(=O)CN2C(=O)N(c3ccc(OC)c(OC)c3)S(=O)(=O)c3ccccc32)c1. The Kier molecular flexibility index (Phi) is 7.02. The summed E-state index contributed by atoms with van der Waals surface area (Å²) in [7, 11) is 0.142. The van der Waals surface area contributed by atoms with Crippen LogP contribution in [0.3, 0.4) is 0 Å². The highest BCUT2D eigenvalue weighted by molar-refractivity contribution is 7.94. The summed E-state index contributed by atoms with van der Waals surface area (Å²) in [4.78, 5) is 27.4. The second-order valence-corrected chi connectivity index (χ2v) is 9.53. The van der Waals surface area contributed by atoms with Gasteiger partial charge in [-0.3, -0.25) is 9.69 Å². The van der Waals surface area contributed by atoms with Crippen LogP contribution in [0, 0.1) is 0 Å². The molecule has 3 aromatic rings. The topological polar surface area (TPSA) is 114 Å². The summed E-state index contributed by atoms with van der Waals surface area (Å²) in [6.07, 6.45) is 0. The highest BCUT2D eigenvalue weighted by Crippen LogP contribution is 2.39. The number of sulfonamides is 1. The van der Waals surface area contributed by atoms with Gasteiger partial charge in [0, 0.05) is 12.6 Å². The van der Waals surface area contributed by atoms with E-state index in [4.69, 9.17) is 14.2 Å². The molecule has 11 heteroatoms. The number of nitrogens with zero attached hydrogens (tertiary/aromatic N) is 2. The highest BCUT2D eigenvalue weighted by atomic mass is 32.2. The molecule has 0 unspecified atom stereocenters. The van der Waals surface area contributed by atoms with Crippen molar-refractivity contribution in [2.45, 2.75) is 11.4 Å². The van der Waals surface area contributed by atoms with Crippen LogP contribution in [-0.2, 0) is 21.4 Å². The van der Waals surface area contributed by atoms with Crippen molar-refractivity contribution >= 4 is 33.3 Å². The molecule has 0 aromatic heterocycles. The molecule has 3 amide bonds. The Bertz CT molecular complexity index is 1410. The first-order valence-electron chi connectivity index (χ1n) is 10.9. The third-order valence-electron chi connectivity index (χ3n) is 5.61. The zero-order valence-electron chi connectivity index (χ0n) is 19.9. The van der Waals surface area contributed by atoms with Crippen molar-refractivity contribution in [3.63, 3.8) is 0 Å². The lowest BCUT2D eigenvalue weighted by Crippen LogP contribution is -2.53. The van der Waals surface area contributed by atoms with Gasteiger partial charge in [-0.05, 0) is 42.0 Å². The molecule has 3 aromatic carbocycles. The summed E-state index contributed by atoms with van der Waals surface area (Å²) in [5.41, 5.74) is 0.979. The van der Waals surface area contributed by atoms with E-state index in [2.05, 4.69) is 5.32 Å². The first-order valence-corrected chi connectivity index (χ1v) is 12.3. The fraction of sp³-hybridized carbons (Fsp3) is 0.200. The zero-order valence-corrected chi connectivity index (χ0v) is 20.7. The van der Waals surface area contributed by atoms with Crippen LogP contribution in [0.5, 0.6) is 17.2 Å². The van der Waals surface area contributed by atoms with Gasteiger partial charge < -0.3 is 19.5 Å². The molecular weight excluding hydrogens is 486 g/mol. The Morgan fingerprint density at radius 3 is 2.36 bits per heavy atom. The molecule has 1 heterocycles. The largest absolute Gasteiger partial charge is 0.497 e. The van der Waals surface area contributed by atoms with Gasteiger partial charge >= 0.3 is 6.03 Å². The molecule has 0 bridgehead atoms. The van der Waals surface area contributed by atoms with E-state index in [0.717, 1.165) is 10.5 Å². The van der Waals surface area contributed by atoms with Gasteiger partial charge in [0.15, 0.2) is 11.5 Å². The number of amides is 3. The van der Waals surface area contributed by atoms with Crippen molar-refractivity contribution in [2.24, 2.45) is 0 Å². The number of hydrogen-bond donors (Lipinski definition) is 1. The standard InChI is InChI=1S/C25H25N3O7S/c1-33-19-8-6-7-17(13-19)15-26-24(29)16-27-20-9-4-5-10-23(20)36(31,32)28(25(27)30)18-11-12-21(34-2)22(14-18)35-3/h4-14H,15-16H2,1-3H3,(H,26,29). The second kappa shape index (κ2) is 10.2. The third-order valence-corrected chi connectivity index (χ3v) is 7.35. The molecule has 0 atom stereocenters. The lowest BCUT2D eigenvalue weighted by molar-refractivity contribution is -0.119. The molecule has 4 rings (SSSR count). The van der Waals surface area contributed by atoms with E-state index in [0.29, 0.717) is 15.8 Å². The number of benzene rings is 3. The lowest BCUT2D eigenvalue weighted by Gasteiger charge is -2.36. The van der Waals surface area contributed by atoms with Crippen LogP contribution in [0.4, 0.5) is 16.2 Å². The van der Waals surface area contributed by atoms with Gasteiger partial charge in [-0.15, -0.1) is 0 Å². The van der Waals surface area contributed by atoms with Crippen molar-refractivity contribution < 1.29 is 32.2 Å². The van der Waals surface area contributed by atoms with Crippen LogP contribution in [0.25, 0.3) is 0 Å². The van der Waals surface area contributed by atoms with E-state index < -0.39 is 22.0 Å². The summed E-state index contributed by atoms with van der Waals surface area (Å²) < 4.78 is 43.3. The summed E-state index contributed by atoms with van der Waals surface area (Å²) in [5.74, 6) is 0.807. The minimum absolute atomic E-state index is 0.0499. The van der Waals surface area contributed by atoms with Crippen LogP contribution in [0.1, 0.15) is 5.56 Å². The Labute approximate surface area is 209 Å². The molecule has 0 aliphatic carbocycles. The molecule has 1 aliphatic rings. The zero-order chi connectivity index (χ0) is 25.9. The maximum atomic E-state index is 13.6. The number of anilines is 2. The molecule has 0 spiro atoms. The minimum atomic E-state index is -4.26. The van der Waals surface area contributed by atoms with Gasteiger partial charge in [-0.25, -0.2) is 13.2 Å². The van der Waals surface area contributed by atoms with Crippen LogP contribution in [-0.4, -0.2) is 48.2 Å². The Morgan fingerprint density at radius 2 is 1.64 bits per heavy atom. The van der Waals surface area contributed by atoms with Crippen LogP contribution in [0.2, 0.25) is 0 Å². The first-order chi connectivity index (χ1) is 17.3. The molecule has 0 radical (unpaired) electrons. The number of methoxy groups -OCH3 is 3. The summed E-state index contributed by atoms with van der Waals surface area (Å²) in [6, 6.07) is 16.7. The normalized spacial score (nSPS) is 14.1. The minimum Gasteiger partial charge on any atom is -0.497 e. The number of para-hydroxylation sites is 1. The molecule has 36 heavy (non-hydrogen) atoms. The number of hydrogen-bond acceptors (Lipinski definition) is 7. The van der Waals surface area contributed by atoms with Crippen molar-refractivity contribution in [3.05, 3.63) is 72.3 Å². The fourth-order valence-electron chi connectivity index (χ4n) is 3.85. The number of nitrogens with one attached hydrogen (secondary N) is 1. The lowest BCUT2D eigenvalue weighted by atomic mass is 10.2. The van der Waals surface area contributed by atoms with Gasteiger partial charge in [0.1, 0.15) is 17.2 Å². The van der Waals surface area contributed by atoms with Gasteiger partial charge in [-0.1, -0.05) is 24.3 Å². The van der Waals surface area contributed by atoms with E-state index in [1.165, 1.54) is 44.6 Å². The summed E-state index contributed by atoms with van der Waals surface area (Å²) in [5, 5.41) is 2.76. The van der Waals surface area contributed by atoms with E-state index in [1.807, 2.05) is 6.07 Å². The van der Waals surface area contributed by atoms with Crippen molar-refractivity contribution in [1.82, 2.24) is 5.32 Å². The van der Waals surface area contributed by atoms with Crippen molar-refractivity contribution in [2.75, 3.05) is 37.1 Å². The van der Waals surface area contributed by atoms with Gasteiger partial charge in [0.05, 0.1) is 32.7 Å². The molecule has 188 valence electrons. The van der Waals surface area contributed by atoms with E-state index in [-0.39, 0.29) is 35.1 Å². The molecular formula is C25H25N3O7S. The van der Waals surface area contributed by atoms with Gasteiger partial charge in [-0.2, -0.15) is 4.31 Å². The number of rotatable bonds is 8. The number of fused-ring (bicyclic) bond motifs is 1. The quantitative estimate of drug-likeness (QED) is 0.494. The van der Waals surface area contributed by atoms with E-state index in [9.17, 15) is 18.0 Å². The molecule has 0 saturated carbocycles. The van der Waals surface area contributed by atoms with E-state index >= 15 is 0 Å². The Morgan fingerprint density at radius 1 is 0.889 bits per heavy atom. The van der Waals surface area contributed by atoms with Crippen LogP contribution < -0.4 is 28.7 Å². The van der Waals surface area contributed by atoms with E-state index in [1.54, 1.807) is 37.4 Å². The monoisotopic (exact) mass is 511 g/mol. The Balaban J connectivity index is 1.65. The average molecular weight is 512 g/mol. The number of carbonyl (C=O) groups excluding carboxylic acids is 2. The number of carbonyl (C=O) groups is 2. The molecule has 1 aliphatic heterocycles. The van der Waals surface area contributed by atoms with Gasteiger partial charge in [0.2, 0.25) is 5.91 Å². The molecule has 1 N–H and O–H groups in total. The highest BCUT2D eigenvalue weighted by Gasteiger charge is 2.43. The average Bonchev–Trinajstić information content (AvgIpc) is 2.89. The van der Waals surface area contributed by atoms with Crippen molar-refractivity contribution in [3.8, 4) is 17.2 Å². The van der Waals surface area contributed by atoms with Crippen molar-refractivity contribution in [1.29, 1.82) is 0 Å². The van der Waals surface area contributed by atoms with Crippen LogP contribution in [0.15, 0.2) is 71.6 Å². The van der Waals surface area contributed by atoms with Gasteiger partial charge in [0.25, 0.3) is 10.0 Å². The maximum absolute atomic E-state index is 13.6. The summed E-state index contributed by atoms with van der Waals surface area (Å²) >= 11 is 0. The third kappa shape index (κ3) is 4.65. The number of urea groups is 1. The second-order valence-electron chi connectivity index (χ2n) is 7.77. The fourth-order valence-corrected chi connectivity index (χ4v) is 5.43. The Hall–Kier alpha value is -4.25. The van der Waals surface area contributed by atoms with Crippen LogP contribution >= 0.6 is 0 Å². The summed E-state index contributed by atoms with van der Waals surface area (Å²) in [6.45, 7) is -0.184.